The third-order valence-corrected chi connectivity index (χ3v) is 2.25. The Labute approximate surface area is 86.1 Å². The lowest BCUT2D eigenvalue weighted by atomic mass is 9.93. The summed E-state index contributed by atoms with van der Waals surface area (Å²) in [7, 11) is 0. The number of hydrogen-bond acceptors (Lipinski definition) is 1. The van der Waals surface area contributed by atoms with Crippen molar-refractivity contribution < 1.29 is 5.11 Å². The molecule has 0 fully saturated rings. The van der Waals surface area contributed by atoms with Crippen molar-refractivity contribution in [3.63, 3.8) is 0 Å². The van der Waals surface area contributed by atoms with Crippen LogP contribution in [-0.4, -0.2) is 11.2 Å². The Morgan fingerprint density at radius 1 is 1.29 bits per heavy atom. The summed E-state index contributed by atoms with van der Waals surface area (Å²) in [4.78, 5) is 0. The van der Waals surface area contributed by atoms with Gasteiger partial charge in [-0.2, -0.15) is 0 Å². The van der Waals surface area contributed by atoms with E-state index in [2.05, 4.69) is 18.2 Å². The van der Waals surface area contributed by atoms with E-state index in [4.69, 9.17) is 0 Å². The molecular weight excluding hydrogens is 172 g/mol. The average molecular weight is 190 g/mol. The van der Waals surface area contributed by atoms with Crippen LogP contribution in [0.3, 0.4) is 0 Å². The lowest BCUT2D eigenvalue weighted by Crippen LogP contribution is -2.06. The molecule has 0 aliphatic heterocycles. The number of aliphatic hydroxyl groups is 1. The van der Waals surface area contributed by atoms with Crippen LogP contribution in [0.1, 0.15) is 31.7 Å². The molecule has 1 rings (SSSR count). The number of allylic oxidation sites excluding steroid dienone is 2. The molecule has 0 amide bonds. The lowest BCUT2D eigenvalue weighted by Gasteiger charge is -2.14. The molecular formula is C13H18O. The van der Waals surface area contributed by atoms with E-state index in [1.165, 1.54) is 5.56 Å². The van der Waals surface area contributed by atoms with Gasteiger partial charge in [-0.1, -0.05) is 42.5 Å². The molecule has 1 aromatic rings. The van der Waals surface area contributed by atoms with E-state index in [9.17, 15) is 5.11 Å². The molecule has 0 aliphatic rings. The third-order valence-electron chi connectivity index (χ3n) is 2.25. The van der Waals surface area contributed by atoms with E-state index >= 15 is 0 Å². The maximum Gasteiger partial charge on any atom is 0.0520 e. The van der Waals surface area contributed by atoms with E-state index in [0.717, 1.165) is 6.42 Å². The standard InChI is InChI=1S/C13H18O/c1-3-7-13(10-11(2)14)12-8-5-4-6-9-12/h3-9,11,13-14H,10H2,1-2H3/b7-3-/t11-,13+/m1/s1. The predicted octanol–water partition coefficient (Wildman–Crippen LogP) is 3.12. The summed E-state index contributed by atoms with van der Waals surface area (Å²) in [5.41, 5.74) is 1.27. The first-order chi connectivity index (χ1) is 6.74. The van der Waals surface area contributed by atoms with Crippen molar-refractivity contribution in [2.45, 2.75) is 32.3 Å². The minimum Gasteiger partial charge on any atom is -0.393 e. The van der Waals surface area contributed by atoms with Crippen molar-refractivity contribution in [2.75, 3.05) is 0 Å². The summed E-state index contributed by atoms with van der Waals surface area (Å²) >= 11 is 0. The van der Waals surface area contributed by atoms with Gasteiger partial charge in [0.1, 0.15) is 0 Å². The highest BCUT2D eigenvalue weighted by Crippen LogP contribution is 2.22. The molecule has 0 radical (unpaired) electrons. The van der Waals surface area contributed by atoms with Crippen molar-refractivity contribution in [1.82, 2.24) is 0 Å². The molecule has 0 spiro atoms. The van der Waals surface area contributed by atoms with Crippen LogP contribution in [-0.2, 0) is 0 Å². The van der Waals surface area contributed by atoms with Crippen molar-refractivity contribution in [1.29, 1.82) is 0 Å². The summed E-state index contributed by atoms with van der Waals surface area (Å²) in [5.74, 6) is 0.334. The molecule has 76 valence electrons. The van der Waals surface area contributed by atoms with Crippen molar-refractivity contribution >= 4 is 0 Å². The van der Waals surface area contributed by atoms with Gasteiger partial charge >= 0.3 is 0 Å². The maximum absolute atomic E-state index is 9.38. The second-order valence-electron chi connectivity index (χ2n) is 3.63. The summed E-state index contributed by atoms with van der Waals surface area (Å²) < 4.78 is 0. The maximum atomic E-state index is 9.38. The highest BCUT2D eigenvalue weighted by Gasteiger charge is 2.09. The highest BCUT2D eigenvalue weighted by atomic mass is 16.3. The van der Waals surface area contributed by atoms with E-state index in [-0.39, 0.29) is 6.10 Å². The molecule has 2 atom stereocenters. The van der Waals surface area contributed by atoms with E-state index in [1.807, 2.05) is 38.1 Å². The second-order valence-corrected chi connectivity index (χ2v) is 3.63. The van der Waals surface area contributed by atoms with Gasteiger partial charge in [0.05, 0.1) is 6.10 Å². The molecule has 0 heterocycles. The van der Waals surface area contributed by atoms with E-state index in [0.29, 0.717) is 5.92 Å². The Hall–Kier alpha value is -1.08. The Morgan fingerprint density at radius 3 is 2.43 bits per heavy atom. The molecule has 1 nitrogen and oxygen atoms in total. The fourth-order valence-electron chi connectivity index (χ4n) is 1.63. The van der Waals surface area contributed by atoms with Gasteiger partial charge in [0.25, 0.3) is 0 Å². The summed E-state index contributed by atoms with van der Waals surface area (Å²) in [5, 5.41) is 9.38. The minimum atomic E-state index is -0.253. The molecule has 14 heavy (non-hydrogen) atoms. The van der Waals surface area contributed by atoms with Crippen molar-refractivity contribution in [3.05, 3.63) is 48.0 Å². The Bertz CT molecular complexity index is 275. The number of hydrogen-bond donors (Lipinski definition) is 1. The smallest absolute Gasteiger partial charge is 0.0520 e. The zero-order valence-electron chi connectivity index (χ0n) is 8.85. The van der Waals surface area contributed by atoms with Gasteiger partial charge in [-0.15, -0.1) is 0 Å². The normalized spacial score (nSPS) is 15.6. The van der Waals surface area contributed by atoms with Crippen LogP contribution in [0.2, 0.25) is 0 Å². The topological polar surface area (TPSA) is 20.2 Å². The van der Waals surface area contributed by atoms with Crippen LogP contribution < -0.4 is 0 Å². The fourth-order valence-corrected chi connectivity index (χ4v) is 1.63. The largest absolute Gasteiger partial charge is 0.393 e. The highest BCUT2D eigenvalue weighted by molar-refractivity contribution is 5.23. The number of benzene rings is 1. The van der Waals surface area contributed by atoms with Crippen LogP contribution >= 0.6 is 0 Å². The summed E-state index contributed by atoms with van der Waals surface area (Å²) in [6, 6.07) is 10.3. The quantitative estimate of drug-likeness (QED) is 0.723. The van der Waals surface area contributed by atoms with Crippen molar-refractivity contribution in [3.8, 4) is 0 Å². The Kier molecular flexibility index (Phi) is 4.41. The Balaban J connectivity index is 2.78. The SMILES string of the molecule is C/C=C\[C@@H](C[C@@H](C)O)c1ccccc1. The van der Waals surface area contributed by atoms with Gasteiger partial charge in [-0.3, -0.25) is 0 Å². The lowest BCUT2D eigenvalue weighted by molar-refractivity contribution is 0.180. The third kappa shape index (κ3) is 3.35. The molecule has 1 N–H and O–H groups in total. The first-order valence-electron chi connectivity index (χ1n) is 5.10. The van der Waals surface area contributed by atoms with Crippen LogP contribution in [0.25, 0.3) is 0 Å². The molecule has 0 aromatic heterocycles. The molecule has 1 aromatic carbocycles. The van der Waals surface area contributed by atoms with Gasteiger partial charge in [0.15, 0.2) is 0 Å². The number of rotatable bonds is 4. The minimum absolute atomic E-state index is 0.253. The van der Waals surface area contributed by atoms with E-state index in [1.54, 1.807) is 0 Å². The van der Waals surface area contributed by atoms with Crippen LogP contribution in [0.4, 0.5) is 0 Å². The van der Waals surface area contributed by atoms with E-state index < -0.39 is 0 Å². The predicted molar refractivity (Wildman–Crippen MR) is 60.3 cm³/mol. The van der Waals surface area contributed by atoms with Gasteiger partial charge in [-0.05, 0) is 25.8 Å². The van der Waals surface area contributed by atoms with Crippen molar-refractivity contribution in [2.24, 2.45) is 0 Å². The number of aliphatic hydroxyl groups excluding tert-OH is 1. The monoisotopic (exact) mass is 190 g/mol. The average Bonchev–Trinajstić information content (AvgIpc) is 2.18. The van der Waals surface area contributed by atoms with Gasteiger partial charge in [0.2, 0.25) is 0 Å². The first-order valence-corrected chi connectivity index (χ1v) is 5.10. The van der Waals surface area contributed by atoms with Gasteiger partial charge in [-0.25, -0.2) is 0 Å². The zero-order chi connectivity index (χ0) is 10.4. The van der Waals surface area contributed by atoms with Crippen LogP contribution in [0, 0.1) is 0 Å². The molecule has 0 aliphatic carbocycles. The zero-order valence-corrected chi connectivity index (χ0v) is 8.85. The Morgan fingerprint density at radius 2 is 1.93 bits per heavy atom. The molecule has 1 heteroatoms. The molecule has 0 bridgehead atoms. The molecule has 0 unspecified atom stereocenters. The summed E-state index contributed by atoms with van der Waals surface area (Å²) in [6.45, 7) is 3.84. The van der Waals surface area contributed by atoms with Crippen LogP contribution in [0.5, 0.6) is 0 Å². The van der Waals surface area contributed by atoms with Gasteiger partial charge in [0, 0.05) is 5.92 Å². The first kappa shape index (κ1) is 11.0. The van der Waals surface area contributed by atoms with Gasteiger partial charge < -0.3 is 5.11 Å². The molecule has 0 saturated carbocycles. The summed E-state index contributed by atoms with van der Waals surface area (Å²) in [6.07, 6.45) is 4.72. The fraction of sp³-hybridized carbons (Fsp3) is 0.385. The molecule has 0 saturated heterocycles. The second kappa shape index (κ2) is 5.61. The van der Waals surface area contributed by atoms with Crippen LogP contribution in [0.15, 0.2) is 42.5 Å².